The number of carbonyl (C=O) groups excluding carboxylic acids is 2. The Morgan fingerprint density at radius 3 is 2.56 bits per heavy atom. The molecule has 0 fully saturated rings. The summed E-state index contributed by atoms with van der Waals surface area (Å²) in [6.07, 6.45) is 0.585. The minimum absolute atomic E-state index is 0.147. The van der Waals surface area contributed by atoms with Gasteiger partial charge in [-0.15, -0.1) is 16.4 Å². The number of esters is 2. The van der Waals surface area contributed by atoms with Crippen LogP contribution < -0.4 is 5.73 Å². The summed E-state index contributed by atoms with van der Waals surface area (Å²) in [5.74, 6) is -0.474. The number of ether oxygens (including phenoxy) is 2. The van der Waals surface area contributed by atoms with Gasteiger partial charge in [0.15, 0.2) is 17.3 Å². The zero-order valence-electron chi connectivity index (χ0n) is 14.9. The fourth-order valence-electron chi connectivity index (χ4n) is 2.46. The van der Waals surface area contributed by atoms with E-state index in [0.717, 1.165) is 11.5 Å². The number of hydrogen-bond donors (Lipinski definition) is 1. The van der Waals surface area contributed by atoms with E-state index in [0.29, 0.717) is 37.6 Å². The number of carbonyl (C=O) groups is 2. The van der Waals surface area contributed by atoms with Gasteiger partial charge in [-0.1, -0.05) is 11.4 Å². The first-order chi connectivity index (χ1) is 13.0. The van der Waals surface area contributed by atoms with Crippen molar-refractivity contribution in [2.24, 2.45) is 0 Å². The molecule has 142 valence electrons. The van der Waals surface area contributed by atoms with Crippen molar-refractivity contribution in [1.29, 1.82) is 0 Å². The number of nitrogens with zero attached hydrogens (tertiary/aromatic N) is 4. The summed E-state index contributed by atoms with van der Waals surface area (Å²) >= 11 is 2.16. The van der Waals surface area contributed by atoms with E-state index in [1.54, 1.807) is 13.8 Å². The van der Waals surface area contributed by atoms with Gasteiger partial charge in [-0.2, -0.15) is 0 Å². The van der Waals surface area contributed by atoms with E-state index < -0.39 is 11.9 Å². The number of rotatable bonds is 6. The molecule has 0 amide bonds. The number of aromatic nitrogens is 4. The van der Waals surface area contributed by atoms with E-state index in [1.165, 1.54) is 11.3 Å². The third-order valence-corrected chi connectivity index (χ3v) is 5.65. The number of fused-ring (bicyclic) bond motifs is 1. The summed E-state index contributed by atoms with van der Waals surface area (Å²) in [7, 11) is 0. The van der Waals surface area contributed by atoms with Gasteiger partial charge < -0.3 is 15.2 Å². The van der Waals surface area contributed by atoms with Crippen molar-refractivity contribution in [3.05, 3.63) is 26.8 Å². The van der Waals surface area contributed by atoms with Crippen LogP contribution in [-0.4, -0.2) is 38.1 Å². The van der Waals surface area contributed by atoms with Crippen LogP contribution in [0.25, 0.3) is 10.2 Å². The zero-order chi connectivity index (χ0) is 19.6. The van der Waals surface area contributed by atoms with E-state index in [-0.39, 0.29) is 24.9 Å². The van der Waals surface area contributed by atoms with Crippen LogP contribution in [0.15, 0.2) is 0 Å². The van der Waals surface area contributed by atoms with Gasteiger partial charge in [0.1, 0.15) is 15.5 Å². The van der Waals surface area contributed by atoms with Crippen molar-refractivity contribution < 1.29 is 19.1 Å². The Balaban J connectivity index is 1.84. The second-order valence-electron chi connectivity index (χ2n) is 5.46. The van der Waals surface area contributed by atoms with Crippen LogP contribution in [0.4, 0.5) is 5.82 Å². The molecule has 0 saturated carbocycles. The van der Waals surface area contributed by atoms with Crippen molar-refractivity contribution in [3.63, 3.8) is 0 Å². The molecule has 0 radical (unpaired) electrons. The highest BCUT2D eigenvalue weighted by atomic mass is 32.1. The largest absolute Gasteiger partial charge is 0.462 e. The predicted octanol–water partition coefficient (Wildman–Crippen LogP) is 2.53. The lowest BCUT2D eigenvalue weighted by molar-refractivity contribution is 0.0466. The summed E-state index contributed by atoms with van der Waals surface area (Å²) in [6.45, 7) is 5.52. The Labute approximate surface area is 162 Å². The van der Waals surface area contributed by atoms with E-state index in [1.807, 2.05) is 6.92 Å². The standard InChI is InChI=1S/C16H17N5O4S2/c1-4-8-12(27-21-20-8)16(23)25-6-9-18-13(17)10-7(3)11(15(22)24-5-2)26-14(10)19-9/h4-6H2,1-3H3,(H2,17,18,19). The Morgan fingerprint density at radius 1 is 1.11 bits per heavy atom. The van der Waals surface area contributed by atoms with Crippen LogP contribution in [0, 0.1) is 6.92 Å². The molecule has 0 aliphatic carbocycles. The number of anilines is 1. The molecule has 3 aromatic rings. The molecule has 3 aromatic heterocycles. The minimum Gasteiger partial charge on any atom is -0.462 e. The SMILES string of the molecule is CCOC(=O)c1sc2nc(COC(=O)c3snnc3CC)nc(N)c2c1C. The fourth-order valence-corrected chi connectivity index (χ4v) is 4.21. The lowest BCUT2D eigenvalue weighted by atomic mass is 10.2. The second-order valence-corrected chi connectivity index (χ2v) is 7.21. The van der Waals surface area contributed by atoms with E-state index >= 15 is 0 Å². The molecule has 11 heteroatoms. The predicted molar refractivity (Wildman–Crippen MR) is 101 cm³/mol. The second kappa shape index (κ2) is 7.92. The Hall–Kier alpha value is -2.66. The van der Waals surface area contributed by atoms with Gasteiger partial charge in [0.2, 0.25) is 0 Å². The number of nitrogens with two attached hydrogens (primary N) is 1. The molecule has 9 nitrogen and oxygen atoms in total. The van der Waals surface area contributed by atoms with Crippen molar-refractivity contribution in [2.75, 3.05) is 12.3 Å². The Morgan fingerprint density at radius 2 is 1.85 bits per heavy atom. The molecule has 0 aliphatic rings. The molecule has 0 bridgehead atoms. The summed E-state index contributed by atoms with van der Waals surface area (Å²) in [5.41, 5.74) is 7.31. The minimum atomic E-state index is -0.529. The van der Waals surface area contributed by atoms with Crippen molar-refractivity contribution in [1.82, 2.24) is 19.6 Å². The highest BCUT2D eigenvalue weighted by Gasteiger charge is 2.21. The molecular weight excluding hydrogens is 390 g/mol. The van der Waals surface area contributed by atoms with Crippen LogP contribution in [0.2, 0.25) is 0 Å². The zero-order valence-corrected chi connectivity index (χ0v) is 16.6. The lowest BCUT2D eigenvalue weighted by Gasteiger charge is -2.05. The first-order valence-corrected chi connectivity index (χ1v) is 9.76. The average molecular weight is 407 g/mol. The molecule has 2 N–H and O–H groups in total. The van der Waals surface area contributed by atoms with Crippen LogP contribution >= 0.6 is 22.9 Å². The van der Waals surface area contributed by atoms with E-state index in [2.05, 4.69) is 19.6 Å². The molecule has 0 spiro atoms. The number of hydrogen-bond acceptors (Lipinski definition) is 11. The summed E-state index contributed by atoms with van der Waals surface area (Å²) in [5, 5.41) is 4.49. The quantitative estimate of drug-likeness (QED) is 0.612. The third-order valence-electron chi connectivity index (χ3n) is 3.73. The van der Waals surface area contributed by atoms with Gasteiger partial charge in [0, 0.05) is 0 Å². The highest BCUT2D eigenvalue weighted by molar-refractivity contribution is 7.20. The van der Waals surface area contributed by atoms with Crippen molar-refractivity contribution >= 4 is 50.8 Å². The monoisotopic (exact) mass is 407 g/mol. The van der Waals surface area contributed by atoms with Gasteiger partial charge in [-0.25, -0.2) is 19.6 Å². The normalized spacial score (nSPS) is 10.9. The maximum atomic E-state index is 12.2. The van der Waals surface area contributed by atoms with Crippen LogP contribution in [0.5, 0.6) is 0 Å². The molecule has 0 unspecified atom stereocenters. The van der Waals surface area contributed by atoms with Gasteiger partial charge in [0.05, 0.1) is 17.7 Å². The summed E-state index contributed by atoms with van der Waals surface area (Å²) in [6, 6.07) is 0. The highest BCUT2D eigenvalue weighted by Crippen LogP contribution is 2.33. The van der Waals surface area contributed by atoms with Crippen molar-refractivity contribution in [3.8, 4) is 0 Å². The summed E-state index contributed by atoms with van der Waals surface area (Å²) < 4.78 is 14.1. The third kappa shape index (κ3) is 3.74. The van der Waals surface area contributed by atoms with Crippen LogP contribution in [0.1, 0.15) is 50.3 Å². The maximum Gasteiger partial charge on any atom is 0.352 e. The smallest absolute Gasteiger partial charge is 0.352 e. The molecule has 0 saturated heterocycles. The number of nitrogen functional groups attached to an aromatic ring is 1. The van der Waals surface area contributed by atoms with Crippen LogP contribution in [-0.2, 0) is 22.5 Å². The maximum absolute atomic E-state index is 12.2. The van der Waals surface area contributed by atoms with Crippen molar-refractivity contribution in [2.45, 2.75) is 33.8 Å². The number of thiophene rings is 1. The van der Waals surface area contributed by atoms with Gasteiger partial charge in [-0.05, 0) is 37.4 Å². The lowest BCUT2D eigenvalue weighted by Crippen LogP contribution is -2.09. The summed E-state index contributed by atoms with van der Waals surface area (Å²) in [4.78, 5) is 34.2. The molecule has 27 heavy (non-hydrogen) atoms. The molecule has 0 aromatic carbocycles. The van der Waals surface area contributed by atoms with Gasteiger partial charge in [0.25, 0.3) is 0 Å². The molecular formula is C16H17N5O4S2. The molecule has 3 rings (SSSR count). The number of aryl methyl sites for hydroxylation is 2. The fraction of sp³-hybridized carbons (Fsp3) is 0.375. The van der Waals surface area contributed by atoms with Gasteiger partial charge in [-0.3, -0.25) is 0 Å². The van der Waals surface area contributed by atoms with E-state index in [9.17, 15) is 9.59 Å². The molecule has 3 heterocycles. The topological polar surface area (TPSA) is 130 Å². The Bertz CT molecular complexity index is 1010. The Kier molecular flexibility index (Phi) is 5.61. The molecule has 0 aliphatic heterocycles. The average Bonchev–Trinajstić information content (AvgIpc) is 3.24. The van der Waals surface area contributed by atoms with Crippen LogP contribution in [0.3, 0.4) is 0 Å². The van der Waals surface area contributed by atoms with E-state index in [4.69, 9.17) is 15.2 Å². The van der Waals surface area contributed by atoms with Gasteiger partial charge >= 0.3 is 11.9 Å². The molecule has 0 atom stereocenters. The first kappa shape index (κ1) is 19.1. The first-order valence-electron chi connectivity index (χ1n) is 8.17.